The molecule has 0 atom stereocenters. The number of nitrogen functional groups attached to an aromatic ring is 1. The molecular formula is C8H5F5N2O3. The summed E-state index contributed by atoms with van der Waals surface area (Å²) >= 11 is 0. The number of carboxylic acids is 1. The first-order valence-electron chi connectivity index (χ1n) is 4.19. The van der Waals surface area contributed by atoms with E-state index in [2.05, 4.69) is 9.72 Å². The summed E-state index contributed by atoms with van der Waals surface area (Å²) < 4.78 is 63.9. The third kappa shape index (κ3) is 3.18. The van der Waals surface area contributed by atoms with Gasteiger partial charge < -0.3 is 15.6 Å². The molecule has 3 N–H and O–H groups in total. The lowest BCUT2D eigenvalue weighted by atomic mass is 10.2. The first-order valence-corrected chi connectivity index (χ1v) is 4.19. The number of pyridine rings is 1. The number of carbonyl (C=O) groups is 1. The Hall–Kier alpha value is -2.13. The van der Waals surface area contributed by atoms with Crippen LogP contribution in [0.4, 0.5) is 27.8 Å². The van der Waals surface area contributed by atoms with Crippen molar-refractivity contribution in [2.75, 3.05) is 5.73 Å². The summed E-state index contributed by atoms with van der Waals surface area (Å²) in [6, 6.07) is 0.268. The van der Waals surface area contributed by atoms with E-state index in [4.69, 9.17) is 10.8 Å². The number of hydrogen-bond acceptors (Lipinski definition) is 4. The molecule has 1 aromatic rings. The van der Waals surface area contributed by atoms with Gasteiger partial charge in [0.2, 0.25) is 0 Å². The summed E-state index contributed by atoms with van der Waals surface area (Å²) in [5.74, 6) is -4.30. The van der Waals surface area contributed by atoms with Gasteiger partial charge in [0.15, 0.2) is 11.6 Å². The number of halogens is 5. The number of alkyl halides is 5. The Labute approximate surface area is 96.0 Å². The van der Waals surface area contributed by atoms with E-state index >= 15 is 0 Å². The van der Waals surface area contributed by atoms with E-state index < -0.39 is 41.6 Å². The van der Waals surface area contributed by atoms with Crippen LogP contribution in [-0.4, -0.2) is 22.4 Å². The van der Waals surface area contributed by atoms with E-state index in [1.807, 2.05) is 0 Å². The zero-order valence-electron chi connectivity index (χ0n) is 8.33. The number of nitrogens with zero attached hydrogens (tertiary/aromatic N) is 1. The fourth-order valence-electron chi connectivity index (χ4n) is 1.07. The predicted octanol–water partition coefficient (Wildman–Crippen LogP) is 2.20. The zero-order valence-corrected chi connectivity index (χ0v) is 8.33. The highest BCUT2D eigenvalue weighted by molar-refractivity contribution is 5.92. The van der Waals surface area contributed by atoms with Gasteiger partial charge in [-0.15, -0.1) is 13.2 Å². The van der Waals surface area contributed by atoms with Gasteiger partial charge in [0.05, 0.1) is 0 Å². The fourth-order valence-corrected chi connectivity index (χ4v) is 1.07. The van der Waals surface area contributed by atoms with Crippen LogP contribution in [-0.2, 0) is 0 Å². The van der Waals surface area contributed by atoms with Crippen LogP contribution in [0.5, 0.6) is 5.75 Å². The average Bonchev–Trinajstić information content (AvgIpc) is 2.18. The Morgan fingerprint density at radius 1 is 1.44 bits per heavy atom. The molecule has 0 saturated heterocycles. The number of carboxylic acid groups (broad SMARTS) is 1. The average molecular weight is 272 g/mol. The van der Waals surface area contributed by atoms with E-state index in [0.717, 1.165) is 0 Å². The molecule has 0 aromatic carbocycles. The van der Waals surface area contributed by atoms with Crippen LogP contribution < -0.4 is 10.5 Å². The Bertz CT molecular complexity index is 475. The third-order valence-corrected chi connectivity index (χ3v) is 1.69. The maximum atomic E-state index is 12.3. The van der Waals surface area contributed by atoms with Gasteiger partial charge in [0, 0.05) is 0 Å². The van der Waals surface area contributed by atoms with Crippen molar-refractivity contribution in [3.8, 4) is 5.75 Å². The molecule has 1 rings (SSSR count). The summed E-state index contributed by atoms with van der Waals surface area (Å²) in [6.07, 6.45) is -8.39. The van der Waals surface area contributed by atoms with Crippen LogP contribution in [0, 0.1) is 0 Å². The molecule has 0 aliphatic rings. The lowest BCUT2D eigenvalue weighted by Gasteiger charge is -2.13. The monoisotopic (exact) mass is 272 g/mol. The molecule has 0 unspecified atom stereocenters. The Balaban J connectivity index is 3.37. The molecule has 0 saturated carbocycles. The van der Waals surface area contributed by atoms with Crippen molar-refractivity contribution in [3.05, 3.63) is 17.3 Å². The van der Waals surface area contributed by atoms with E-state index in [1.54, 1.807) is 0 Å². The van der Waals surface area contributed by atoms with Crippen molar-refractivity contribution in [1.82, 2.24) is 4.98 Å². The first-order chi connectivity index (χ1) is 8.11. The van der Waals surface area contributed by atoms with Crippen molar-refractivity contribution in [2.45, 2.75) is 12.8 Å². The van der Waals surface area contributed by atoms with E-state index in [1.165, 1.54) is 0 Å². The molecule has 0 spiro atoms. The van der Waals surface area contributed by atoms with Crippen molar-refractivity contribution in [3.63, 3.8) is 0 Å². The molecule has 100 valence electrons. The summed E-state index contributed by atoms with van der Waals surface area (Å²) in [6.45, 7) is 0. The number of rotatable bonds is 3. The van der Waals surface area contributed by atoms with Crippen molar-refractivity contribution in [2.24, 2.45) is 0 Å². The normalized spacial score (nSPS) is 11.7. The standard InChI is InChI=1S/C8H5F5N2O3/c9-5(10)3-1-2(7(16)17)4(6(14)15-3)18-8(11,12)13/h1,5H,(H2,14,15)(H,16,17). The number of ether oxygens (including phenoxy) is 1. The van der Waals surface area contributed by atoms with Gasteiger partial charge in [0.25, 0.3) is 6.43 Å². The quantitative estimate of drug-likeness (QED) is 0.824. The van der Waals surface area contributed by atoms with Crippen molar-refractivity contribution < 1.29 is 36.6 Å². The number of anilines is 1. The zero-order chi connectivity index (χ0) is 14.1. The van der Waals surface area contributed by atoms with Gasteiger partial charge in [-0.3, -0.25) is 0 Å². The van der Waals surface area contributed by atoms with Gasteiger partial charge in [-0.25, -0.2) is 18.6 Å². The molecule has 0 aliphatic carbocycles. The van der Waals surface area contributed by atoms with E-state index in [0.29, 0.717) is 0 Å². The summed E-state index contributed by atoms with van der Waals surface area (Å²) in [7, 11) is 0. The minimum atomic E-state index is -5.22. The molecule has 5 nitrogen and oxygen atoms in total. The summed E-state index contributed by atoms with van der Waals surface area (Å²) in [5.41, 5.74) is 2.77. The second-order valence-corrected chi connectivity index (χ2v) is 2.96. The van der Waals surface area contributed by atoms with Crippen molar-refractivity contribution in [1.29, 1.82) is 0 Å². The highest BCUT2D eigenvalue weighted by Crippen LogP contribution is 2.33. The highest BCUT2D eigenvalue weighted by atomic mass is 19.4. The molecule has 0 fully saturated rings. The molecule has 0 aliphatic heterocycles. The fraction of sp³-hybridized carbons (Fsp3) is 0.250. The summed E-state index contributed by atoms with van der Waals surface area (Å²) in [5, 5.41) is 8.62. The van der Waals surface area contributed by atoms with E-state index in [-0.39, 0.29) is 6.07 Å². The summed E-state index contributed by atoms with van der Waals surface area (Å²) in [4.78, 5) is 13.6. The lowest BCUT2D eigenvalue weighted by Crippen LogP contribution is -2.21. The molecule has 0 amide bonds. The van der Waals surface area contributed by atoms with Gasteiger partial charge in [-0.1, -0.05) is 0 Å². The smallest absolute Gasteiger partial charge is 0.478 e. The highest BCUT2D eigenvalue weighted by Gasteiger charge is 2.35. The van der Waals surface area contributed by atoms with E-state index in [9.17, 15) is 26.7 Å². The van der Waals surface area contributed by atoms with Gasteiger partial charge >= 0.3 is 12.3 Å². The van der Waals surface area contributed by atoms with Gasteiger partial charge in [-0.05, 0) is 6.07 Å². The number of nitrogens with two attached hydrogens (primary N) is 1. The second-order valence-electron chi connectivity index (χ2n) is 2.96. The number of aromatic carboxylic acids is 1. The SMILES string of the molecule is Nc1nc(C(F)F)cc(C(=O)O)c1OC(F)(F)F. The third-order valence-electron chi connectivity index (χ3n) is 1.69. The second kappa shape index (κ2) is 4.63. The topological polar surface area (TPSA) is 85.4 Å². The molecule has 1 aromatic heterocycles. The molecule has 1 heterocycles. The van der Waals surface area contributed by atoms with Gasteiger partial charge in [0.1, 0.15) is 11.3 Å². The Kier molecular flexibility index (Phi) is 3.58. The minimum absolute atomic E-state index is 0.268. The van der Waals surface area contributed by atoms with Crippen LogP contribution in [0.1, 0.15) is 22.5 Å². The molecule has 0 bridgehead atoms. The molecule has 18 heavy (non-hydrogen) atoms. The Morgan fingerprint density at radius 2 is 2.00 bits per heavy atom. The molecule has 0 radical (unpaired) electrons. The predicted molar refractivity (Wildman–Crippen MR) is 47.2 cm³/mol. The first kappa shape index (κ1) is 13.9. The number of hydrogen-bond donors (Lipinski definition) is 2. The Morgan fingerprint density at radius 3 is 2.39 bits per heavy atom. The van der Waals surface area contributed by atoms with Crippen LogP contribution in [0.3, 0.4) is 0 Å². The van der Waals surface area contributed by atoms with Crippen LogP contribution in [0.25, 0.3) is 0 Å². The van der Waals surface area contributed by atoms with Crippen LogP contribution >= 0.6 is 0 Å². The minimum Gasteiger partial charge on any atom is -0.478 e. The van der Waals surface area contributed by atoms with Crippen LogP contribution in [0.2, 0.25) is 0 Å². The largest absolute Gasteiger partial charge is 0.573 e. The number of aromatic nitrogens is 1. The molecular weight excluding hydrogens is 267 g/mol. The maximum Gasteiger partial charge on any atom is 0.573 e. The molecule has 10 heteroatoms. The maximum absolute atomic E-state index is 12.3. The lowest BCUT2D eigenvalue weighted by molar-refractivity contribution is -0.274. The van der Waals surface area contributed by atoms with Gasteiger partial charge in [-0.2, -0.15) is 0 Å². The van der Waals surface area contributed by atoms with Crippen molar-refractivity contribution >= 4 is 11.8 Å². The van der Waals surface area contributed by atoms with Crippen LogP contribution in [0.15, 0.2) is 6.07 Å².